The van der Waals surface area contributed by atoms with E-state index in [1.807, 2.05) is 36.4 Å². The third-order valence-electron chi connectivity index (χ3n) is 7.55. The van der Waals surface area contributed by atoms with Crippen molar-refractivity contribution in [2.45, 2.75) is 0 Å². The molecule has 0 atom stereocenters. The number of hydrogen-bond donors (Lipinski definition) is 0. The first kappa shape index (κ1) is 19.7. The third-order valence-corrected chi connectivity index (χ3v) is 21.2. The van der Waals surface area contributed by atoms with Gasteiger partial charge in [-0.25, -0.2) is 0 Å². The van der Waals surface area contributed by atoms with Gasteiger partial charge in [-0.05, 0) is 0 Å². The summed E-state index contributed by atoms with van der Waals surface area (Å²) < 4.78 is 33.0. The molecule has 0 fully saturated rings. The van der Waals surface area contributed by atoms with Crippen LogP contribution in [0.1, 0.15) is 0 Å². The Morgan fingerprint density at radius 2 is 0.944 bits per heavy atom. The second-order valence-corrected chi connectivity index (χ2v) is 20.6. The van der Waals surface area contributed by atoms with Crippen LogP contribution in [-0.2, 0) is 0 Å². The van der Waals surface area contributed by atoms with Gasteiger partial charge in [0.2, 0.25) is 0 Å². The predicted octanol–water partition coefficient (Wildman–Crippen LogP) is 2.54. The second-order valence-electron chi connectivity index (χ2n) is 9.45. The molecule has 166 valence electrons. The molecular formula is C29H15Ga2NO4. The average Bonchev–Trinajstić information content (AvgIpc) is 2.92. The van der Waals surface area contributed by atoms with Crippen molar-refractivity contribution in [1.29, 1.82) is 0 Å². The molecule has 5 heterocycles. The van der Waals surface area contributed by atoms with Crippen molar-refractivity contribution in [3.63, 3.8) is 0 Å². The summed E-state index contributed by atoms with van der Waals surface area (Å²) >= 11 is -5.09. The van der Waals surface area contributed by atoms with Crippen LogP contribution in [0.5, 0.6) is 46.1 Å². The molecule has 0 N–H and O–H groups in total. The Bertz CT molecular complexity index is 1660. The Morgan fingerprint density at radius 1 is 0.444 bits per heavy atom. The third kappa shape index (κ3) is 2.53. The summed E-state index contributed by atoms with van der Waals surface area (Å²) in [5.41, 5.74) is 0. The zero-order valence-electron chi connectivity index (χ0n) is 18.9. The van der Waals surface area contributed by atoms with Gasteiger partial charge in [-0.1, -0.05) is 0 Å². The minimum absolute atomic E-state index is 0.735. The summed E-state index contributed by atoms with van der Waals surface area (Å²) in [6, 6.07) is 31.3. The topological polar surface area (TPSA) is 49.8 Å². The van der Waals surface area contributed by atoms with Gasteiger partial charge in [-0.2, -0.15) is 0 Å². The van der Waals surface area contributed by atoms with Crippen LogP contribution < -0.4 is 43.8 Å². The van der Waals surface area contributed by atoms with Crippen molar-refractivity contribution in [3.8, 4) is 46.1 Å². The molecule has 0 aliphatic carbocycles. The van der Waals surface area contributed by atoms with Crippen LogP contribution >= 0.6 is 0 Å². The van der Waals surface area contributed by atoms with E-state index in [9.17, 15) is 0 Å². The Hall–Kier alpha value is -3.50. The van der Waals surface area contributed by atoms with Gasteiger partial charge in [0.1, 0.15) is 0 Å². The first-order chi connectivity index (χ1) is 17.8. The Kier molecular flexibility index (Phi) is 3.85. The number of rotatable bonds is 0. The minimum atomic E-state index is -2.57. The van der Waals surface area contributed by atoms with Gasteiger partial charge in [0.05, 0.1) is 0 Å². The molecular weight excluding hydrogens is 566 g/mol. The molecule has 0 bridgehead atoms. The molecule has 7 heteroatoms. The zero-order chi connectivity index (χ0) is 23.4. The van der Waals surface area contributed by atoms with E-state index in [2.05, 4.69) is 54.6 Å². The molecule has 0 saturated heterocycles. The number of aromatic nitrogens is 1. The maximum atomic E-state index is 6.57. The van der Waals surface area contributed by atoms with E-state index in [-0.39, 0.29) is 0 Å². The van der Waals surface area contributed by atoms with Gasteiger partial charge in [-0.15, -0.1) is 0 Å². The summed E-state index contributed by atoms with van der Waals surface area (Å²) in [7, 11) is 0. The number of pyridine rings is 1. The summed E-state index contributed by atoms with van der Waals surface area (Å²) in [5, 5.41) is 0. The Morgan fingerprint density at radius 3 is 1.61 bits per heavy atom. The fourth-order valence-corrected chi connectivity index (χ4v) is 19.6. The molecule has 5 nitrogen and oxygen atoms in total. The number of hydrogen-bond acceptors (Lipinski definition) is 5. The van der Waals surface area contributed by atoms with E-state index in [4.69, 9.17) is 23.9 Å². The normalized spacial score (nSPS) is 14.3. The van der Waals surface area contributed by atoms with Crippen molar-refractivity contribution >= 4 is 57.3 Å². The van der Waals surface area contributed by atoms with Gasteiger partial charge in [0.25, 0.3) is 0 Å². The molecule has 1 aromatic heterocycles. The molecule has 36 heavy (non-hydrogen) atoms. The second kappa shape index (κ2) is 7.04. The summed E-state index contributed by atoms with van der Waals surface area (Å²) in [4.78, 5) is 5.29. The Balaban J connectivity index is 1.31. The van der Waals surface area contributed by atoms with Crippen molar-refractivity contribution in [2.75, 3.05) is 0 Å². The summed E-state index contributed by atoms with van der Waals surface area (Å²) in [6.45, 7) is 0. The molecule has 0 saturated carbocycles. The van der Waals surface area contributed by atoms with E-state index in [1.54, 1.807) is 0 Å². The van der Waals surface area contributed by atoms with Crippen LogP contribution in [0.2, 0.25) is 0 Å². The predicted molar refractivity (Wildman–Crippen MR) is 140 cm³/mol. The zero-order valence-corrected chi connectivity index (χ0v) is 23.7. The van der Waals surface area contributed by atoms with Gasteiger partial charge < -0.3 is 0 Å². The van der Waals surface area contributed by atoms with E-state index >= 15 is 0 Å². The monoisotopic (exact) mass is 579 g/mol. The number of fused-ring (bicyclic) bond motifs is 8. The molecule has 0 radical (unpaired) electrons. The summed E-state index contributed by atoms with van der Waals surface area (Å²) in [6.07, 6.45) is 0. The van der Waals surface area contributed by atoms with Crippen molar-refractivity contribution < 1.29 is 18.9 Å². The number of ether oxygens (including phenoxy) is 4. The van der Waals surface area contributed by atoms with E-state index in [0.717, 1.165) is 50.4 Å². The van der Waals surface area contributed by atoms with E-state index in [1.165, 1.54) is 20.6 Å². The van der Waals surface area contributed by atoms with Crippen molar-refractivity contribution in [3.05, 3.63) is 91.0 Å². The van der Waals surface area contributed by atoms with Gasteiger partial charge in [0, 0.05) is 0 Å². The van der Waals surface area contributed by atoms with Crippen LogP contribution in [-0.4, -0.2) is 37.4 Å². The molecule has 9 rings (SSSR count). The van der Waals surface area contributed by atoms with Crippen LogP contribution in [0.25, 0.3) is 0 Å². The van der Waals surface area contributed by atoms with E-state index < -0.39 is 32.4 Å². The fraction of sp³-hybridized carbons (Fsp3) is 0. The van der Waals surface area contributed by atoms with E-state index in [0.29, 0.717) is 0 Å². The number of nitrogens with zero attached hydrogens (tertiary/aromatic N) is 1. The first-order valence-corrected chi connectivity index (χ1v) is 19.3. The SMILES string of the molecule is c1cc[c]2c(c1)Oc1cccc3[c]1[Ga]2[c]1cc2[c](nc1O3)[Ga]1[c]3ccccc3Oc3cccc([c]31)O2. The first-order valence-electron chi connectivity index (χ1n) is 12.0. The molecule has 4 aliphatic heterocycles. The maximum absolute atomic E-state index is 6.57. The Labute approximate surface area is 217 Å². The van der Waals surface area contributed by atoms with Crippen LogP contribution in [0.15, 0.2) is 91.0 Å². The van der Waals surface area contributed by atoms with Crippen molar-refractivity contribution in [2.24, 2.45) is 0 Å². The molecule has 5 aromatic rings. The van der Waals surface area contributed by atoms with Gasteiger partial charge in [0.15, 0.2) is 0 Å². The molecule has 0 amide bonds. The molecule has 0 unspecified atom stereocenters. The van der Waals surface area contributed by atoms with Crippen LogP contribution in [0.4, 0.5) is 0 Å². The van der Waals surface area contributed by atoms with Crippen molar-refractivity contribution in [1.82, 2.24) is 4.98 Å². The molecule has 4 aromatic carbocycles. The molecule has 0 spiro atoms. The quantitative estimate of drug-likeness (QED) is 0.258. The van der Waals surface area contributed by atoms with Crippen LogP contribution in [0.3, 0.4) is 0 Å². The average molecular weight is 581 g/mol. The van der Waals surface area contributed by atoms with Gasteiger partial charge >= 0.3 is 218 Å². The number of para-hydroxylation sites is 2. The molecule has 4 aliphatic rings. The standard InChI is InChI=1S/C29H15NO4.2Ga/c1-3-9-22(10-4-1)31-24-13-7-15-26(19-24)33-28-17-18-29(30-21-28)34-27-16-8-14-25(20-27)32-23-11-5-2-6-12-23;;/h1-9,11,13-17H;;. The fourth-order valence-electron chi connectivity index (χ4n) is 6.06. The van der Waals surface area contributed by atoms with Gasteiger partial charge in [-0.3, -0.25) is 0 Å². The number of benzene rings is 4. The van der Waals surface area contributed by atoms with Crippen LogP contribution in [0, 0.1) is 0 Å². The summed E-state index contributed by atoms with van der Waals surface area (Å²) in [5.74, 6) is 7.08.